The molecule has 6 nitrogen and oxygen atoms in total. The van der Waals surface area contributed by atoms with Crippen LogP contribution in [0, 0.1) is 0 Å². The van der Waals surface area contributed by atoms with Crippen molar-refractivity contribution in [1.82, 2.24) is 5.32 Å². The summed E-state index contributed by atoms with van der Waals surface area (Å²) in [6.07, 6.45) is 2.13. The second kappa shape index (κ2) is 6.36. The SMILES string of the molecule is CC1Nc2ccccc2N(CC(=O)NCC2CCCO2)C1=O. The molecule has 2 amide bonds. The van der Waals surface area contributed by atoms with E-state index in [2.05, 4.69) is 10.6 Å². The number of anilines is 2. The van der Waals surface area contributed by atoms with Crippen molar-refractivity contribution in [3.8, 4) is 0 Å². The van der Waals surface area contributed by atoms with Crippen LogP contribution in [-0.2, 0) is 14.3 Å². The van der Waals surface area contributed by atoms with Gasteiger partial charge < -0.3 is 15.4 Å². The molecule has 2 heterocycles. The molecule has 0 aromatic heterocycles. The molecule has 1 aromatic rings. The molecule has 3 rings (SSSR count). The Bertz CT molecular complexity index is 570. The number of fused-ring (bicyclic) bond motifs is 1. The summed E-state index contributed by atoms with van der Waals surface area (Å²) in [5.74, 6) is -0.251. The number of hydrogen-bond acceptors (Lipinski definition) is 4. The largest absolute Gasteiger partial charge is 0.376 e. The van der Waals surface area contributed by atoms with Gasteiger partial charge in [0.1, 0.15) is 12.6 Å². The molecular formula is C16H21N3O3. The molecule has 1 aromatic carbocycles. The molecule has 0 bridgehead atoms. The van der Waals surface area contributed by atoms with E-state index in [9.17, 15) is 9.59 Å². The normalized spacial score (nSPS) is 23.9. The second-order valence-electron chi connectivity index (χ2n) is 5.75. The number of para-hydroxylation sites is 2. The molecule has 118 valence electrons. The second-order valence-corrected chi connectivity index (χ2v) is 5.75. The summed E-state index contributed by atoms with van der Waals surface area (Å²) < 4.78 is 5.48. The Morgan fingerprint density at radius 3 is 3.05 bits per heavy atom. The lowest BCUT2D eigenvalue weighted by Crippen LogP contribution is -2.50. The van der Waals surface area contributed by atoms with Gasteiger partial charge in [-0.2, -0.15) is 0 Å². The first kappa shape index (κ1) is 14.8. The van der Waals surface area contributed by atoms with Crippen molar-refractivity contribution in [3.63, 3.8) is 0 Å². The van der Waals surface area contributed by atoms with Crippen LogP contribution in [-0.4, -0.2) is 43.7 Å². The molecule has 2 aliphatic rings. The zero-order valence-corrected chi connectivity index (χ0v) is 12.7. The lowest BCUT2D eigenvalue weighted by molar-refractivity contribution is -0.124. The van der Waals surface area contributed by atoms with E-state index in [-0.39, 0.29) is 30.5 Å². The molecule has 22 heavy (non-hydrogen) atoms. The average molecular weight is 303 g/mol. The molecule has 1 fully saturated rings. The Kier molecular flexibility index (Phi) is 4.29. The molecule has 6 heteroatoms. The van der Waals surface area contributed by atoms with Crippen LogP contribution in [0.25, 0.3) is 0 Å². The molecule has 2 unspecified atom stereocenters. The van der Waals surface area contributed by atoms with Gasteiger partial charge in [0.2, 0.25) is 11.8 Å². The zero-order chi connectivity index (χ0) is 15.5. The Labute approximate surface area is 129 Å². The van der Waals surface area contributed by atoms with Gasteiger partial charge in [-0.25, -0.2) is 0 Å². The van der Waals surface area contributed by atoms with Gasteiger partial charge in [-0.1, -0.05) is 12.1 Å². The van der Waals surface area contributed by atoms with Crippen molar-refractivity contribution < 1.29 is 14.3 Å². The highest BCUT2D eigenvalue weighted by molar-refractivity contribution is 6.07. The number of ether oxygens (including phenoxy) is 1. The molecule has 2 N–H and O–H groups in total. The van der Waals surface area contributed by atoms with Gasteiger partial charge in [-0.05, 0) is 31.9 Å². The summed E-state index contributed by atoms with van der Waals surface area (Å²) in [4.78, 5) is 26.0. The fraction of sp³-hybridized carbons (Fsp3) is 0.500. The van der Waals surface area contributed by atoms with Crippen molar-refractivity contribution in [1.29, 1.82) is 0 Å². The van der Waals surface area contributed by atoms with Crippen molar-refractivity contribution in [2.45, 2.75) is 31.9 Å². The van der Waals surface area contributed by atoms with E-state index in [1.165, 1.54) is 0 Å². The first-order valence-electron chi connectivity index (χ1n) is 7.70. The van der Waals surface area contributed by atoms with Crippen LogP contribution in [0.15, 0.2) is 24.3 Å². The Hall–Kier alpha value is -2.08. The third-order valence-corrected chi connectivity index (χ3v) is 4.06. The van der Waals surface area contributed by atoms with Crippen molar-refractivity contribution >= 4 is 23.2 Å². The summed E-state index contributed by atoms with van der Waals surface area (Å²) in [5, 5.41) is 6.01. The van der Waals surface area contributed by atoms with Gasteiger partial charge in [-0.15, -0.1) is 0 Å². The van der Waals surface area contributed by atoms with Gasteiger partial charge in [-0.3, -0.25) is 14.5 Å². The fourth-order valence-corrected chi connectivity index (χ4v) is 2.87. The number of nitrogens with zero attached hydrogens (tertiary/aromatic N) is 1. The number of amides is 2. The van der Waals surface area contributed by atoms with Crippen molar-refractivity contribution in [3.05, 3.63) is 24.3 Å². The van der Waals surface area contributed by atoms with Gasteiger partial charge >= 0.3 is 0 Å². The molecular weight excluding hydrogens is 282 g/mol. The first-order valence-corrected chi connectivity index (χ1v) is 7.70. The van der Waals surface area contributed by atoms with Crippen molar-refractivity contribution in [2.75, 3.05) is 29.9 Å². The minimum absolute atomic E-state index is 0.0363. The highest BCUT2D eigenvalue weighted by atomic mass is 16.5. The van der Waals surface area contributed by atoms with Gasteiger partial charge in [0.05, 0.1) is 17.5 Å². The standard InChI is InChI=1S/C16H21N3O3/c1-11-16(21)19(14-7-3-2-6-13(14)18-11)10-15(20)17-9-12-5-4-8-22-12/h2-3,6-7,11-12,18H,4-5,8-10H2,1H3,(H,17,20). The highest BCUT2D eigenvalue weighted by Crippen LogP contribution is 2.30. The summed E-state index contributed by atoms with van der Waals surface area (Å²) in [6.45, 7) is 3.11. The third kappa shape index (κ3) is 3.06. The summed E-state index contributed by atoms with van der Waals surface area (Å²) >= 11 is 0. The number of carbonyl (C=O) groups is 2. The predicted octanol–water partition coefficient (Wildman–Crippen LogP) is 1.13. The summed E-state index contributed by atoms with van der Waals surface area (Å²) in [5.41, 5.74) is 1.62. The lowest BCUT2D eigenvalue weighted by atomic mass is 10.1. The van der Waals surface area contributed by atoms with Gasteiger partial charge in [0.15, 0.2) is 0 Å². The molecule has 0 radical (unpaired) electrons. The Morgan fingerprint density at radius 1 is 1.45 bits per heavy atom. The molecule has 0 aliphatic carbocycles. The monoisotopic (exact) mass is 303 g/mol. The molecule has 0 spiro atoms. The van der Waals surface area contributed by atoms with Crippen LogP contribution in [0.4, 0.5) is 11.4 Å². The molecule has 2 atom stereocenters. The number of nitrogens with one attached hydrogen (secondary N) is 2. The number of rotatable bonds is 4. The first-order chi connectivity index (χ1) is 10.6. The smallest absolute Gasteiger partial charge is 0.249 e. The van der Waals surface area contributed by atoms with E-state index in [4.69, 9.17) is 4.74 Å². The Balaban J connectivity index is 1.65. The molecule has 0 saturated carbocycles. The van der Waals surface area contributed by atoms with Gasteiger partial charge in [0, 0.05) is 13.2 Å². The van der Waals surface area contributed by atoms with Crippen LogP contribution in [0.3, 0.4) is 0 Å². The predicted molar refractivity (Wildman–Crippen MR) is 83.9 cm³/mol. The maximum absolute atomic E-state index is 12.3. The third-order valence-electron chi connectivity index (χ3n) is 4.06. The number of hydrogen-bond donors (Lipinski definition) is 2. The van der Waals surface area contributed by atoms with Crippen LogP contribution < -0.4 is 15.5 Å². The van der Waals surface area contributed by atoms with Crippen LogP contribution in [0.5, 0.6) is 0 Å². The minimum Gasteiger partial charge on any atom is -0.376 e. The van der Waals surface area contributed by atoms with Crippen LogP contribution in [0.2, 0.25) is 0 Å². The fourth-order valence-electron chi connectivity index (χ4n) is 2.87. The summed E-state index contributed by atoms with van der Waals surface area (Å²) in [6, 6.07) is 7.20. The quantitative estimate of drug-likeness (QED) is 0.875. The number of carbonyl (C=O) groups excluding carboxylic acids is 2. The van der Waals surface area contributed by atoms with E-state index in [1.54, 1.807) is 11.8 Å². The maximum atomic E-state index is 12.3. The lowest BCUT2D eigenvalue weighted by Gasteiger charge is -2.33. The zero-order valence-electron chi connectivity index (χ0n) is 12.7. The van der Waals surface area contributed by atoms with E-state index in [0.717, 1.165) is 30.8 Å². The topological polar surface area (TPSA) is 70.7 Å². The van der Waals surface area contributed by atoms with E-state index in [1.807, 2.05) is 24.3 Å². The summed E-state index contributed by atoms with van der Waals surface area (Å²) in [7, 11) is 0. The van der Waals surface area contributed by atoms with Crippen LogP contribution >= 0.6 is 0 Å². The maximum Gasteiger partial charge on any atom is 0.249 e. The minimum atomic E-state index is -0.333. The van der Waals surface area contributed by atoms with E-state index < -0.39 is 0 Å². The van der Waals surface area contributed by atoms with E-state index in [0.29, 0.717) is 6.54 Å². The molecule has 1 saturated heterocycles. The van der Waals surface area contributed by atoms with Gasteiger partial charge in [0.25, 0.3) is 0 Å². The highest BCUT2D eigenvalue weighted by Gasteiger charge is 2.30. The van der Waals surface area contributed by atoms with Crippen LogP contribution in [0.1, 0.15) is 19.8 Å². The van der Waals surface area contributed by atoms with Crippen molar-refractivity contribution in [2.24, 2.45) is 0 Å². The number of benzene rings is 1. The Morgan fingerprint density at radius 2 is 2.27 bits per heavy atom. The average Bonchev–Trinajstić information content (AvgIpc) is 3.03. The van der Waals surface area contributed by atoms with E-state index >= 15 is 0 Å². The molecule has 2 aliphatic heterocycles.